The molecule has 0 aromatic carbocycles. The van der Waals surface area contributed by atoms with Crippen molar-refractivity contribution in [2.45, 2.75) is 12.5 Å². The summed E-state index contributed by atoms with van der Waals surface area (Å²) in [6, 6.07) is 0. The summed E-state index contributed by atoms with van der Waals surface area (Å²) in [5.41, 5.74) is 5.63. The lowest BCUT2D eigenvalue weighted by molar-refractivity contribution is -0.0350. The van der Waals surface area contributed by atoms with Crippen LogP contribution in [-0.2, 0) is 4.74 Å². The fourth-order valence-electron chi connectivity index (χ4n) is 2.88. The van der Waals surface area contributed by atoms with Crippen molar-refractivity contribution >= 4 is 0 Å². The molecule has 5 nitrogen and oxygen atoms in total. The largest absolute Gasteiger partial charge is 0.374 e. The Labute approximate surface area is 111 Å². The highest BCUT2D eigenvalue weighted by molar-refractivity contribution is 4.76. The maximum atomic E-state index is 5.85. The molecule has 2 rings (SSSR count). The normalized spacial score (nSPS) is 29.3. The SMILES string of the molecule is CN1CCOC(CN2CCCN(CCN)CC2)C1. The Kier molecular flexibility index (Phi) is 5.85. The third-order valence-corrected chi connectivity index (χ3v) is 3.93. The number of likely N-dealkylation sites (N-methyl/N-ethyl adjacent to an activating group) is 1. The van der Waals surface area contributed by atoms with Gasteiger partial charge in [-0.25, -0.2) is 0 Å². The zero-order chi connectivity index (χ0) is 12.8. The first-order valence-corrected chi connectivity index (χ1v) is 7.23. The Morgan fingerprint density at radius 3 is 2.67 bits per heavy atom. The number of nitrogens with two attached hydrogens (primary N) is 1. The van der Waals surface area contributed by atoms with Crippen molar-refractivity contribution < 1.29 is 4.74 Å². The van der Waals surface area contributed by atoms with Gasteiger partial charge in [0.05, 0.1) is 12.7 Å². The summed E-state index contributed by atoms with van der Waals surface area (Å²) in [5.74, 6) is 0. The van der Waals surface area contributed by atoms with Gasteiger partial charge in [0, 0.05) is 45.8 Å². The van der Waals surface area contributed by atoms with E-state index in [9.17, 15) is 0 Å². The Morgan fingerprint density at radius 1 is 1.11 bits per heavy atom. The number of nitrogens with zero attached hydrogens (tertiary/aromatic N) is 3. The second-order valence-corrected chi connectivity index (χ2v) is 5.54. The third-order valence-electron chi connectivity index (χ3n) is 3.93. The molecule has 1 atom stereocenters. The van der Waals surface area contributed by atoms with E-state index in [0.717, 1.165) is 52.4 Å². The number of hydrogen-bond donors (Lipinski definition) is 1. The van der Waals surface area contributed by atoms with E-state index < -0.39 is 0 Å². The molecule has 0 spiro atoms. The van der Waals surface area contributed by atoms with Crippen LogP contribution in [0.2, 0.25) is 0 Å². The molecule has 5 heteroatoms. The summed E-state index contributed by atoms with van der Waals surface area (Å²) in [4.78, 5) is 7.40. The predicted octanol–water partition coefficient (Wildman–Crippen LogP) is -0.717. The summed E-state index contributed by atoms with van der Waals surface area (Å²) in [6.45, 7) is 10.6. The maximum Gasteiger partial charge on any atom is 0.0829 e. The molecule has 2 N–H and O–H groups in total. The summed E-state index contributed by atoms with van der Waals surface area (Å²) < 4.78 is 5.85. The topological polar surface area (TPSA) is 45.0 Å². The fraction of sp³-hybridized carbons (Fsp3) is 1.00. The van der Waals surface area contributed by atoms with Gasteiger partial charge in [-0.3, -0.25) is 4.90 Å². The van der Waals surface area contributed by atoms with Crippen LogP contribution in [0.25, 0.3) is 0 Å². The molecule has 0 saturated carbocycles. The average molecular weight is 256 g/mol. The summed E-state index contributed by atoms with van der Waals surface area (Å²) in [7, 11) is 2.18. The van der Waals surface area contributed by atoms with Crippen LogP contribution in [0.15, 0.2) is 0 Å². The van der Waals surface area contributed by atoms with Crippen LogP contribution in [0, 0.1) is 0 Å². The number of rotatable bonds is 4. The molecule has 2 aliphatic rings. The molecule has 18 heavy (non-hydrogen) atoms. The average Bonchev–Trinajstić information content (AvgIpc) is 2.56. The van der Waals surface area contributed by atoms with E-state index in [1.54, 1.807) is 0 Å². The summed E-state index contributed by atoms with van der Waals surface area (Å²) >= 11 is 0. The predicted molar refractivity (Wildman–Crippen MR) is 73.8 cm³/mol. The second kappa shape index (κ2) is 7.40. The van der Waals surface area contributed by atoms with Crippen molar-refractivity contribution in [2.75, 3.05) is 72.6 Å². The Hall–Kier alpha value is -0.200. The molecule has 0 bridgehead atoms. The maximum absolute atomic E-state index is 5.85. The monoisotopic (exact) mass is 256 g/mol. The van der Waals surface area contributed by atoms with Crippen LogP contribution in [0.3, 0.4) is 0 Å². The second-order valence-electron chi connectivity index (χ2n) is 5.54. The van der Waals surface area contributed by atoms with Crippen LogP contribution in [0.4, 0.5) is 0 Å². The molecular weight excluding hydrogens is 228 g/mol. The van der Waals surface area contributed by atoms with E-state index in [2.05, 4.69) is 21.7 Å². The van der Waals surface area contributed by atoms with Gasteiger partial charge in [-0.2, -0.15) is 0 Å². The lowest BCUT2D eigenvalue weighted by Crippen LogP contribution is -2.46. The molecular formula is C13H28N4O. The van der Waals surface area contributed by atoms with Gasteiger partial charge < -0.3 is 20.3 Å². The van der Waals surface area contributed by atoms with E-state index >= 15 is 0 Å². The van der Waals surface area contributed by atoms with E-state index in [1.165, 1.54) is 19.5 Å². The Bertz CT molecular complexity index is 239. The Morgan fingerprint density at radius 2 is 1.89 bits per heavy atom. The van der Waals surface area contributed by atoms with Crippen LogP contribution < -0.4 is 5.73 Å². The molecule has 1 unspecified atom stereocenters. The molecule has 2 heterocycles. The van der Waals surface area contributed by atoms with Crippen LogP contribution in [0.5, 0.6) is 0 Å². The standard InChI is InChI=1S/C13H28N4O/c1-15-9-10-18-13(11-15)12-17-5-2-4-16(6-3-14)7-8-17/h13H,2-12,14H2,1H3. The highest BCUT2D eigenvalue weighted by Gasteiger charge is 2.22. The molecule has 0 radical (unpaired) electrons. The zero-order valence-corrected chi connectivity index (χ0v) is 11.7. The van der Waals surface area contributed by atoms with E-state index in [-0.39, 0.29) is 0 Å². The van der Waals surface area contributed by atoms with Gasteiger partial charge in [-0.15, -0.1) is 0 Å². The van der Waals surface area contributed by atoms with Gasteiger partial charge >= 0.3 is 0 Å². The van der Waals surface area contributed by atoms with E-state index in [4.69, 9.17) is 10.5 Å². The Balaban J connectivity index is 1.72. The molecule has 106 valence electrons. The first-order chi connectivity index (χ1) is 8.78. The van der Waals surface area contributed by atoms with Gasteiger partial charge in [0.1, 0.15) is 0 Å². The molecule has 2 aliphatic heterocycles. The first kappa shape index (κ1) is 14.2. The van der Waals surface area contributed by atoms with Gasteiger partial charge in [0.15, 0.2) is 0 Å². The molecule has 0 amide bonds. The van der Waals surface area contributed by atoms with Crippen molar-refractivity contribution in [1.29, 1.82) is 0 Å². The highest BCUT2D eigenvalue weighted by Crippen LogP contribution is 2.08. The van der Waals surface area contributed by atoms with Gasteiger partial charge in [-0.05, 0) is 26.6 Å². The summed E-state index contributed by atoms with van der Waals surface area (Å²) in [6.07, 6.45) is 1.65. The molecule has 0 aliphatic carbocycles. The fourth-order valence-corrected chi connectivity index (χ4v) is 2.88. The number of morpholine rings is 1. The van der Waals surface area contributed by atoms with E-state index in [0.29, 0.717) is 6.10 Å². The van der Waals surface area contributed by atoms with E-state index in [1.807, 2.05) is 0 Å². The van der Waals surface area contributed by atoms with Gasteiger partial charge in [-0.1, -0.05) is 0 Å². The highest BCUT2D eigenvalue weighted by atomic mass is 16.5. The smallest absolute Gasteiger partial charge is 0.0829 e. The van der Waals surface area contributed by atoms with Crippen LogP contribution in [0.1, 0.15) is 6.42 Å². The van der Waals surface area contributed by atoms with Gasteiger partial charge in [0.2, 0.25) is 0 Å². The minimum absolute atomic E-state index is 0.393. The van der Waals surface area contributed by atoms with Crippen molar-refractivity contribution in [3.8, 4) is 0 Å². The van der Waals surface area contributed by atoms with Crippen molar-refractivity contribution in [3.63, 3.8) is 0 Å². The van der Waals surface area contributed by atoms with Crippen molar-refractivity contribution in [3.05, 3.63) is 0 Å². The van der Waals surface area contributed by atoms with Gasteiger partial charge in [0.25, 0.3) is 0 Å². The first-order valence-electron chi connectivity index (χ1n) is 7.23. The van der Waals surface area contributed by atoms with Crippen LogP contribution in [-0.4, -0.2) is 93.4 Å². The molecule has 0 aromatic heterocycles. The summed E-state index contributed by atoms with van der Waals surface area (Å²) in [5, 5.41) is 0. The molecule has 2 saturated heterocycles. The number of ether oxygens (including phenoxy) is 1. The molecule has 2 fully saturated rings. The molecule has 0 aromatic rings. The quantitative estimate of drug-likeness (QED) is 0.719. The van der Waals surface area contributed by atoms with Crippen molar-refractivity contribution in [2.24, 2.45) is 5.73 Å². The minimum atomic E-state index is 0.393. The number of hydrogen-bond acceptors (Lipinski definition) is 5. The van der Waals surface area contributed by atoms with Crippen molar-refractivity contribution in [1.82, 2.24) is 14.7 Å². The zero-order valence-electron chi connectivity index (χ0n) is 11.7. The minimum Gasteiger partial charge on any atom is -0.374 e. The lowest BCUT2D eigenvalue weighted by Gasteiger charge is -2.33. The van der Waals surface area contributed by atoms with Crippen LogP contribution >= 0.6 is 0 Å². The lowest BCUT2D eigenvalue weighted by atomic mass is 10.2. The third kappa shape index (κ3) is 4.48.